The molecule has 0 aliphatic rings. The summed E-state index contributed by atoms with van der Waals surface area (Å²) in [5, 5.41) is 3.22. The van der Waals surface area contributed by atoms with E-state index < -0.39 is 0 Å². The van der Waals surface area contributed by atoms with Crippen LogP contribution in [0, 0.1) is 0 Å². The summed E-state index contributed by atoms with van der Waals surface area (Å²) in [6.45, 7) is 3.03. The number of nitrogen functional groups attached to an aromatic ring is 2. The maximum Gasteiger partial charge on any atom is 0.0945 e. The van der Waals surface area contributed by atoms with Gasteiger partial charge in [0.05, 0.1) is 24.3 Å². The lowest BCUT2D eigenvalue weighted by molar-refractivity contribution is 0.138. The van der Waals surface area contributed by atoms with Gasteiger partial charge in [-0.05, 0) is 24.6 Å². The van der Waals surface area contributed by atoms with Crippen molar-refractivity contribution in [2.45, 2.75) is 13.0 Å². The van der Waals surface area contributed by atoms with E-state index in [4.69, 9.17) is 16.2 Å². The molecule has 108 valence electrons. The fourth-order valence-electron chi connectivity index (χ4n) is 1.87. The first-order valence-electron chi connectivity index (χ1n) is 6.68. The zero-order valence-corrected chi connectivity index (χ0v) is 11.5. The van der Waals surface area contributed by atoms with Crippen molar-refractivity contribution in [2.75, 3.05) is 36.5 Å². The van der Waals surface area contributed by atoms with Gasteiger partial charge in [-0.25, -0.2) is 4.98 Å². The number of anilines is 3. The van der Waals surface area contributed by atoms with E-state index >= 15 is 0 Å². The molecule has 0 atom stereocenters. The summed E-state index contributed by atoms with van der Waals surface area (Å²) >= 11 is 0. The molecule has 0 radical (unpaired) electrons. The van der Waals surface area contributed by atoms with Crippen LogP contribution in [0.15, 0.2) is 36.9 Å². The molecular formula is C14H21N5O. The summed E-state index contributed by atoms with van der Waals surface area (Å²) in [6.07, 6.45) is 6.51. The van der Waals surface area contributed by atoms with E-state index in [1.165, 1.54) is 0 Å². The van der Waals surface area contributed by atoms with E-state index in [2.05, 4.69) is 10.3 Å². The van der Waals surface area contributed by atoms with E-state index in [0.717, 1.165) is 31.8 Å². The number of imidazole rings is 1. The summed E-state index contributed by atoms with van der Waals surface area (Å²) in [5.41, 5.74) is 13.7. The maximum atomic E-state index is 5.85. The Morgan fingerprint density at radius 2 is 2.15 bits per heavy atom. The summed E-state index contributed by atoms with van der Waals surface area (Å²) in [5.74, 6) is 0. The normalized spacial score (nSPS) is 10.6. The highest BCUT2D eigenvalue weighted by Crippen LogP contribution is 2.20. The van der Waals surface area contributed by atoms with Crippen LogP contribution in [0.25, 0.3) is 0 Å². The number of hydrogen-bond donors (Lipinski definition) is 3. The van der Waals surface area contributed by atoms with Gasteiger partial charge in [-0.15, -0.1) is 0 Å². The van der Waals surface area contributed by atoms with Crippen molar-refractivity contribution in [1.82, 2.24) is 9.55 Å². The molecule has 1 aromatic heterocycles. The smallest absolute Gasteiger partial charge is 0.0945 e. The van der Waals surface area contributed by atoms with Gasteiger partial charge in [-0.2, -0.15) is 0 Å². The number of benzene rings is 1. The SMILES string of the molecule is Nc1ccc(NCCOCCCn2ccnc2)c(N)c1. The third kappa shape index (κ3) is 4.47. The van der Waals surface area contributed by atoms with Gasteiger partial charge in [-0.3, -0.25) is 0 Å². The van der Waals surface area contributed by atoms with Gasteiger partial charge in [0.15, 0.2) is 0 Å². The van der Waals surface area contributed by atoms with E-state index in [1.807, 2.05) is 29.2 Å². The number of hydrogen-bond acceptors (Lipinski definition) is 5. The molecule has 0 aliphatic heterocycles. The van der Waals surface area contributed by atoms with Gasteiger partial charge in [0, 0.05) is 37.8 Å². The first kappa shape index (κ1) is 14.2. The van der Waals surface area contributed by atoms with Gasteiger partial charge in [0.2, 0.25) is 0 Å². The molecule has 0 fully saturated rings. The largest absolute Gasteiger partial charge is 0.399 e. The number of aromatic nitrogens is 2. The molecule has 2 rings (SSSR count). The first-order chi connectivity index (χ1) is 9.75. The Kier molecular flexibility index (Phi) is 5.25. The van der Waals surface area contributed by atoms with E-state index in [9.17, 15) is 0 Å². The van der Waals surface area contributed by atoms with Crippen molar-refractivity contribution in [2.24, 2.45) is 0 Å². The Hall–Kier alpha value is -2.21. The minimum Gasteiger partial charge on any atom is -0.399 e. The number of nitrogens with two attached hydrogens (primary N) is 2. The van der Waals surface area contributed by atoms with Crippen LogP contribution in [0.3, 0.4) is 0 Å². The average molecular weight is 275 g/mol. The topological polar surface area (TPSA) is 91.1 Å². The van der Waals surface area contributed by atoms with E-state index in [1.54, 1.807) is 12.3 Å². The van der Waals surface area contributed by atoms with Crippen molar-refractivity contribution >= 4 is 17.1 Å². The monoisotopic (exact) mass is 275 g/mol. The molecule has 1 heterocycles. The summed E-state index contributed by atoms with van der Waals surface area (Å²) in [7, 11) is 0. The second-order valence-corrected chi connectivity index (χ2v) is 4.54. The van der Waals surface area contributed by atoms with Crippen molar-refractivity contribution in [1.29, 1.82) is 0 Å². The Bertz CT molecular complexity index is 512. The maximum absolute atomic E-state index is 5.85. The molecule has 0 amide bonds. The number of rotatable bonds is 8. The van der Waals surface area contributed by atoms with Crippen LogP contribution < -0.4 is 16.8 Å². The fourth-order valence-corrected chi connectivity index (χ4v) is 1.87. The van der Waals surface area contributed by atoms with Crippen LogP contribution in [-0.2, 0) is 11.3 Å². The van der Waals surface area contributed by atoms with Crippen molar-refractivity contribution < 1.29 is 4.74 Å². The third-order valence-corrected chi connectivity index (χ3v) is 2.90. The predicted molar refractivity (Wildman–Crippen MR) is 81.4 cm³/mol. The molecule has 0 saturated heterocycles. The average Bonchev–Trinajstić information content (AvgIpc) is 2.93. The highest BCUT2D eigenvalue weighted by Gasteiger charge is 1.98. The number of nitrogens with one attached hydrogen (secondary N) is 1. The standard InChI is InChI=1S/C14H21N5O/c15-12-2-3-14(13(16)10-12)18-5-9-20-8-1-6-19-7-4-17-11-19/h2-4,7,10-11,18H,1,5-6,8-9,15-16H2. The Labute approximate surface area is 118 Å². The van der Waals surface area contributed by atoms with Gasteiger partial charge < -0.3 is 26.1 Å². The fraction of sp³-hybridized carbons (Fsp3) is 0.357. The van der Waals surface area contributed by atoms with Gasteiger partial charge in [-0.1, -0.05) is 0 Å². The zero-order valence-electron chi connectivity index (χ0n) is 11.5. The molecule has 0 bridgehead atoms. The van der Waals surface area contributed by atoms with Crippen molar-refractivity contribution in [3.05, 3.63) is 36.9 Å². The predicted octanol–water partition coefficient (Wildman–Crippen LogP) is 1.57. The van der Waals surface area contributed by atoms with Crippen molar-refractivity contribution in [3.63, 3.8) is 0 Å². The van der Waals surface area contributed by atoms with Gasteiger partial charge >= 0.3 is 0 Å². The summed E-state index contributed by atoms with van der Waals surface area (Å²) < 4.78 is 7.59. The molecule has 6 heteroatoms. The van der Waals surface area contributed by atoms with E-state index in [-0.39, 0.29) is 0 Å². The highest BCUT2D eigenvalue weighted by molar-refractivity contribution is 5.70. The Balaban J connectivity index is 1.55. The second-order valence-electron chi connectivity index (χ2n) is 4.54. The molecule has 0 unspecified atom stereocenters. The molecule has 1 aromatic carbocycles. The minimum atomic E-state index is 0.647. The Morgan fingerprint density at radius 3 is 2.90 bits per heavy atom. The van der Waals surface area contributed by atoms with Crippen LogP contribution in [0.1, 0.15) is 6.42 Å². The van der Waals surface area contributed by atoms with Crippen molar-refractivity contribution in [3.8, 4) is 0 Å². The van der Waals surface area contributed by atoms with E-state index in [0.29, 0.717) is 18.0 Å². The second kappa shape index (κ2) is 7.40. The third-order valence-electron chi connectivity index (χ3n) is 2.90. The molecule has 0 spiro atoms. The lowest BCUT2D eigenvalue weighted by Gasteiger charge is -2.10. The molecule has 0 saturated carbocycles. The number of aryl methyl sites for hydroxylation is 1. The zero-order chi connectivity index (χ0) is 14.2. The molecule has 5 N–H and O–H groups in total. The molecule has 6 nitrogen and oxygen atoms in total. The molecule has 0 aliphatic carbocycles. The van der Waals surface area contributed by atoms with Crippen LogP contribution >= 0.6 is 0 Å². The highest BCUT2D eigenvalue weighted by atomic mass is 16.5. The number of ether oxygens (including phenoxy) is 1. The van der Waals surface area contributed by atoms with Gasteiger partial charge in [0.1, 0.15) is 0 Å². The van der Waals surface area contributed by atoms with Crippen LogP contribution in [0.5, 0.6) is 0 Å². The molecule has 2 aromatic rings. The Morgan fingerprint density at radius 1 is 1.25 bits per heavy atom. The number of nitrogens with zero attached hydrogens (tertiary/aromatic N) is 2. The quantitative estimate of drug-likeness (QED) is 0.502. The molecular weight excluding hydrogens is 254 g/mol. The van der Waals surface area contributed by atoms with Crippen LogP contribution in [0.4, 0.5) is 17.1 Å². The summed E-state index contributed by atoms with van der Waals surface area (Å²) in [4.78, 5) is 3.99. The minimum absolute atomic E-state index is 0.647. The first-order valence-corrected chi connectivity index (χ1v) is 6.68. The van der Waals surface area contributed by atoms with Crippen LogP contribution in [0.2, 0.25) is 0 Å². The van der Waals surface area contributed by atoms with Gasteiger partial charge in [0.25, 0.3) is 0 Å². The van der Waals surface area contributed by atoms with Crippen LogP contribution in [-0.4, -0.2) is 29.3 Å². The molecule has 20 heavy (non-hydrogen) atoms. The lowest BCUT2D eigenvalue weighted by Crippen LogP contribution is -2.12. The summed E-state index contributed by atoms with van der Waals surface area (Å²) in [6, 6.07) is 5.45. The lowest BCUT2D eigenvalue weighted by atomic mass is 10.2.